The lowest BCUT2D eigenvalue weighted by molar-refractivity contribution is -0.122. The van der Waals surface area contributed by atoms with Crippen molar-refractivity contribution in [3.05, 3.63) is 53.5 Å². The highest BCUT2D eigenvalue weighted by Gasteiger charge is 2.36. The Morgan fingerprint density at radius 1 is 1.16 bits per heavy atom. The number of hydrogen-bond acceptors (Lipinski definition) is 4. The van der Waals surface area contributed by atoms with Crippen LogP contribution in [0.4, 0.5) is 0 Å². The van der Waals surface area contributed by atoms with Gasteiger partial charge in [-0.05, 0) is 56.4 Å². The second kappa shape index (κ2) is 9.58. The lowest BCUT2D eigenvalue weighted by Crippen LogP contribution is -2.46. The van der Waals surface area contributed by atoms with E-state index in [9.17, 15) is 9.59 Å². The first kappa shape index (κ1) is 21.5. The quantitative estimate of drug-likeness (QED) is 0.691. The number of rotatable bonds is 8. The normalized spacial score (nSPS) is 21.0. The fourth-order valence-corrected chi connectivity index (χ4v) is 4.31. The zero-order chi connectivity index (χ0) is 21.8. The molecule has 0 radical (unpaired) electrons. The van der Waals surface area contributed by atoms with E-state index < -0.39 is 0 Å². The third kappa shape index (κ3) is 5.30. The molecule has 0 bridgehead atoms. The summed E-state index contributed by atoms with van der Waals surface area (Å²) in [6.07, 6.45) is 3.77. The van der Waals surface area contributed by atoms with Gasteiger partial charge in [-0.2, -0.15) is 0 Å². The Balaban J connectivity index is 1.21. The molecule has 1 N–H and O–H groups in total. The van der Waals surface area contributed by atoms with Crippen LogP contribution < -0.4 is 10.1 Å². The molecule has 0 spiro atoms. The van der Waals surface area contributed by atoms with Crippen LogP contribution in [0.25, 0.3) is 0 Å². The smallest absolute Gasteiger partial charge is 0.257 e. The van der Waals surface area contributed by atoms with Crippen LogP contribution in [0.3, 0.4) is 0 Å². The Hall–Kier alpha value is -2.76. The molecule has 2 amide bonds. The molecule has 31 heavy (non-hydrogen) atoms. The van der Waals surface area contributed by atoms with E-state index in [1.165, 1.54) is 6.42 Å². The number of benzene rings is 1. The molecular weight excluding hydrogens is 392 g/mol. The summed E-state index contributed by atoms with van der Waals surface area (Å²) >= 11 is 0. The molecule has 2 heterocycles. The van der Waals surface area contributed by atoms with Crippen molar-refractivity contribution < 1.29 is 18.7 Å². The number of aryl methyl sites for hydroxylation is 1. The van der Waals surface area contributed by atoms with E-state index in [1.807, 2.05) is 42.2 Å². The number of nitrogens with zero attached hydrogens (tertiary/aromatic N) is 1. The summed E-state index contributed by atoms with van der Waals surface area (Å²) in [6, 6.07) is 11.5. The maximum absolute atomic E-state index is 12.9. The highest BCUT2D eigenvalue weighted by Crippen LogP contribution is 2.47. The molecule has 1 aromatic heterocycles. The number of ether oxygens (including phenoxy) is 1. The molecule has 1 saturated heterocycles. The van der Waals surface area contributed by atoms with E-state index in [-0.39, 0.29) is 17.9 Å². The molecule has 1 aliphatic carbocycles. The summed E-state index contributed by atoms with van der Waals surface area (Å²) in [5.41, 5.74) is 0.602. The number of hydrogen-bond donors (Lipinski definition) is 1. The Morgan fingerprint density at radius 2 is 1.90 bits per heavy atom. The summed E-state index contributed by atoms with van der Waals surface area (Å²) in [7, 11) is 0. The van der Waals surface area contributed by atoms with Gasteiger partial charge in [-0.25, -0.2) is 0 Å². The van der Waals surface area contributed by atoms with Gasteiger partial charge in [0, 0.05) is 37.9 Å². The minimum absolute atomic E-state index is 0.00701. The van der Waals surface area contributed by atoms with Crippen molar-refractivity contribution >= 4 is 11.8 Å². The van der Waals surface area contributed by atoms with E-state index in [0.29, 0.717) is 55.7 Å². The maximum atomic E-state index is 12.9. The summed E-state index contributed by atoms with van der Waals surface area (Å²) in [5, 5.41) is 3.13. The van der Waals surface area contributed by atoms with Crippen LogP contribution in [0, 0.1) is 5.92 Å². The highest BCUT2D eigenvalue weighted by atomic mass is 16.5. The number of carbonyl (C=O) groups is 2. The number of furan rings is 1. The third-order valence-corrected chi connectivity index (χ3v) is 6.32. The molecule has 6 nitrogen and oxygen atoms in total. The molecule has 2 atom stereocenters. The average Bonchev–Trinajstić information content (AvgIpc) is 3.32. The molecule has 6 heteroatoms. The van der Waals surface area contributed by atoms with E-state index >= 15 is 0 Å². The number of amides is 2. The second-order valence-corrected chi connectivity index (χ2v) is 8.69. The summed E-state index contributed by atoms with van der Waals surface area (Å²) < 4.78 is 11.5. The molecule has 2 aromatic rings. The van der Waals surface area contributed by atoms with Crippen molar-refractivity contribution in [2.24, 2.45) is 5.92 Å². The topological polar surface area (TPSA) is 71.8 Å². The fraction of sp³-hybridized carbons (Fsp3) is 0.520. The first-order valence-corrected chi connectivity index (χ1v) is 11.4. The summed E-state index contributed by atoms with van der Waals surface area (Å²) in [5.74, 6) is 3.89. The van der Waals surface area contributed by atoms with Crippen molar-refractivity contribution in [2.45, 2.75) is 57.9 Å². The van der Waals surface area contributed by atoms with Crippen LogP contribution in [0.5, 0.6) is 5.75 Å². The molecule has 2 fully saturated rings. The SMILES string of the molecule is CCOc1ccccc1C(=O)N1CCC(NC(=O)CCc2ccc(C3CC3C)o2)CC1. The van der Waals surface area contributed by atoms with Gasteiger partial charge in [-0.3, -0.25) is 9.59 Å². The molecule has 4 rings (SSSR count). The lowest BCUT2D eigenvalue weighted by Gasteiger charge is -2.32. The van der Waals surface area contributed by atoms with Gasteiger partial charge in [0.1, 0.15) is 17.3 Å². The number of nitrogens with one attached hydrogen (secondary N) is 1. The van der Waals surface area contributed by atoms with Crippen molar-refractivity contribution in [2.75, 3.05) is 19.7 Å². The van der Waals surface area contributed by atoms with Crippen LogP contribution in [-0.2, 0) is 11.2 Å². The zero-order valence-corrected chi connectivity index (χ0v) is 18.4. The van der Waals surface area contributed by atoms with Crippen molar-refractivity contribution in [1.29, 1.82) is 0 Å². The van der Waals surface area contributed by atoms with Crippen LogP contribution in [-0.4, -0.2) is 42.5 Å². The Bertz CT molecular complexity index is 914. The maximum Gasteiger partial charge on any atom is 0.257 e. The van der Waals surface area contributed by atoms with Crippen LogP contribution in [0.1, 0.15) is 67.3 Å². The average molecular weight is 425 g/mol. The number of carbonyl (C=O) groups excluding carboxylic acids is 2. The van der Waals surface area contributed by atoms with Gasteiger partial charge in [-0.1, -0.05) is 19.1 Å². The molecule has 2 unspecified atom stereocenters. The lowest BCUT2D eigenvalue weighted by atomic mass is 10.0. The van der Waals surface area contributed by atoms with Gasteiger partial charge < -0.3 is 19.4 Å². The minimum Gasteiger partial charge on any atom is -0.493 e. The van der Waals surface area contributed by atoms with Crippen molar-refractivity contribution in [3.63, 3.8) is 0 Å². The molecule has 1 saturated carbocycles. The van der Waals surface area contributed by atoms with Crippen molar-refractivity contribution in [1.82, 2.24) is 10.2 Å². The standard InChI is InChI=1S/C25H32N2O4/c1-3-30-22-7-5-4-6-20(22)25(29)27-14-12-18(13-15-27)26-24(28)11-9-19-8-10-23(31-19)21-16-17(21)2/h4-8,10,17-18,21H,3,9,11-16H2,1-2H3,(H,26,28). The Labute approximate surface area is 183 Å². The molecule has 1 aliphatic heterocycles. The molecular formula is C25H32N2O4. The summed E-state index contributed by atoms with van der Waals surface area (Å²) in [6.45, 7) is 5.93. The first-order chi connectivity index (χ1) is 15.0. The fourth-order valence-electron chi connectivity index (χ4n) is 4.31. The van der Waals surface area contributed by atoms with Crippen LogP contribution in [0.2, 0.25) is 0 Å². The largest absolute Gasteiger partial charge is 0.493 e. The van der Waals surface area contributed by atoms with Crippen LogP contribution >= 0.6 is 0 Å². The van der Waals surface area contributed by atoms with E-state index in [2.05, 4.69) is 18.3 Å². The zero-order valence-electron chi connectivity index (χ0n) is 18.4. The van der Waals surface area contributed by atoms with Crippen LogP contribution in [0.15, 0.2) is 40.8 Å². The van der Waals surface area contributed by atoms with E-state index in [0.717, 1.165) is 24.4 Å². The monoisotopic (exact) mass is 424 g/mol. The van der Waals surface area contributed by atoms with Gasteiger partial charge in [0.05, 0.1) is 12.2 Å². The minimum atomic E-state index is -0.00701. The second-order valence-electron chi connectivity index (χ2n) is 8.69. The molecule has 2 aliphatic rings. The first-order valence-electron chi connectivity index (χ1n) is 11.4. The van der Waals surface area contributed by atoms with Gasteiger partial charge >= 0.3 is 0 Å². The number of piperidine rings is 1. The van der Waals surface area contributed by atoms with E-state index in [1.54, 1.807) is 0 Å². The van der Waals surface area contributed by atoms with Gasteiger partial charge in [0.15, 0.2) is 0 Å². The number of para-hydroxylation sites is 1. The molecule has 166 valence electrons. The number of likely N-dealkylation sites (tertiary alicyclic amines) is 1. The van der Waals surface area contributed by atoms with Gasteiger partial charge in [-0.15, -0.1) is 0 Å². The Kier molecular flexibility index (Phi) is 6.64. The van der Waals surface area contributed by atoms with Gasteiger partial charge in [0.25, 0.3) is 5.91 Å². The predicted octanol–water partition coefficient (Wildman–Crippen LogP) is 4.16. The third-order valence-electron chi connectivity index (χ3n) is 6.32. The molecule has 1 aromatic carbocycles. The highest BCUT2D eigenvalue weighted by molar-refractivity contribution is 5.97. The Morgan fingerprint density at radius 3 is 2.61 bits per heavy atom. The van der Waals surface area contributed by atoms with Gasteiger partial charge in [0.2, 0.25) is 5.91 Å². The predicted molar refractivity (Wildman–Crippen MR) is 118 cm³/mol. The van der Waals surface area contributed by atoms with Crippen molar-refractivity contribution in [3.8, 4) is 5.75 Å². The van der Waals surface area contributed by atoms with E-state index in [4.69, 9.17) is 9.15 Å². The summed E-state index contributed by atoms with van der Waals surface area (Å²) in [4.78, 5) is 27.2.